The van der Waals surface area contributed by atoms with Crippen LogP contribution in [0.3, 0.4) is 0 Å². The number of benzene rings is 2. The van der Waals surface area contributed by atoms with Crippen LogP contribution in [0.25, 0.3) is 0 Å². The molecule has 0 fully saturated rings. The first-order valence-electron chi connectivity index (χ1n) is 9.33. The quantitative estimate of drug-likeness (QED) is 0.467. The Balaban J connectivity index is 1.72. The molecule has 0 spiro atoms. The highest BCUT2D eigenvalue weighted by Crippen LogP contribution is 2.47. The number of hydrogen-bond acceptors (Lipinski definition) is 6. The molecule has 0 saturated carbocycles. The third-order valence-corrected chi connectivity index (χ3v) is 5.62. The minimum atomic E-state index is 0.0706. The zero-order chi connectivity index (χ0) is 19.7. The van der Waals surface area contributed by atoms with Gasteiger partial charge in [-0.05, 0) is 41.5 Å². The molecule has 0 amide bonds. The lowest BCUT2D eigenvalue weighted by atomic mass is 9.87. The van der Waals surface area contributed by atoms with Gasteiger partial charge in [-0.3, -0.25) is 0 Å². The van der Waals surface area contributed by atoms with Crippen LogP contribution in [0.2, 0.25) is 0 Å². The summed E-state index contributed by atoms with van der Waals surface area (Å²) in [5.74, 6) is 2.88. The number of nitrogens with zero attached hydrogens (tertiary/aromatic N) is 1. The van der Waals surface area contributed by atoms with E-state index in [2.05, 4.69) is 18.3 Å². The first-order valence-corrected chi connectivity index (χ1v) is 9.33. The number of oxime groups is 1. The number of fused-ring (bicyclic) bond motifs is 2. The Morgan fingerprint density at radius 3 is 2.68 bits per heavy atom. The molecule has 2 heterocycles. The van der Waals surface area contributed by atoms with Gasteiger partial charge in [0.1, 0.15) is 11.8 Å². The number of rotatable bonds is 5. The Morgan fingerprint density at radius 2 is 2.00 bits per heavy atom. The third-order valence-electron chi connectivity index (χ3n) is 5.62. The van der Waals surface area contributed by atoms with Crippen LogP contribution < -0.4 is 23.8 Å². The van der Waals surface area contributed by atoms with Crippen molar-refractivity contribution >= 4 is 5.71 Å². The maximum atomic E-state index is 9.72. The summed E-state index contributed by atoms with van der Waals surface area (Å²) < 4.78 is 22.2. The lowest BCUT2D eigenvalue weighted by Crippen LogP contribution is -3.10. The van der Waals surface area contributed by atoms with Crippen LogP contribution in [0.5, 0.6) is 23.0 Å². The van der Waals surface area contributed by atoms with Crippen molar-refractivity contribution in [3.05, 3.63) is 47.0 Å². The van der Waals surface area contributed by atoms with Crippen LogP contribution in [-0.4, -0.2) is 45.5 Å². The van der Waals surface area contributed by atoms with E-state index in [4.69, 9.17) is 18.9 Å². The van der Waals surface area contributed by atoms with Gasteiger partial charge in [0.05, 0.1) is 45.5 Å². The van der Waals surface area contributed by atoms with E-state index in [1.807, 2.05) is 24.3 Å². The Morgan fingerprint density at radius 1 is 1.21 bits per heavy atom. The van der Waals surface area contributed by atoms with Gasteiger partial charge in [0, 0.05) is 6.42 Å². The molecule has 0 aliphatic carbocycles. The lowest BCUT2D eigenvalue weighted by molar-refractivity contribution is -0.913. The summed E-state index contributed by atoms with van der Waals surface area (Å²) >= 11 is 0. The van der Waals surface area contributed by atoms with Gasteiger partial charge in [-0.2, -0.15) is 0 Å². The molecule has 28 heavy (non-hydrogen) atoms. The van der Waals surface area contributed by atoms with Crippen LogP contribution in [0, 0.1) is 0 Å². The maximum Gasteiger partial charge on any atom is 0.231 e. The third kappa shape index (κ3) is 3.11. The molecule has 0 aromatic heterocycles. The summed E-state index contributed by atoms with van der Waals surface area (Å²) in [6, 6.07) is 9.67. The van der Waals surface area contributed by atoms with Gasteiger partial charge in [0.15, 0.2) is 11.5 Å². The second-order valence-electron chi connectivity index (χ2n) is 7.09. The number of quaternary nitrogens is 1. The fourth-order valence-electron chi connectivity index (χ4n) is 4.09. The molecule has 7 nitrogen and oxygen atoms in total. The second-order valence-corrected chi connectivity index (χ2v) is 7.09. The van der Waals surface area contributed by atoms with E-state index in [0.29, 0.717) is 17.9 Å². The molecule has 1 unspecified atom stereocenters. The maximum absolute atomic E-state index is 9.72. The molecule has 148 valence electrons. The van der Waals surface area contributed by atoms with Crippen LogP contribution in [0.15, 0.2) is 35.5 Å². The van der Waals surface area contributed by atoms with Crippen LogP contribution in [0.1, 0.15) is 29.2 Å². The molecule has 2 aromatic rings. The highest BCUT2D eigenvalue weighted by Gasteiger charge is 2.37. The zero-order valence-corrected chi connectivity index (χ0v) is 16.3. The van der Waals surface area contributed by atoms with Gasteiger partial charge in [-0.1, -0.05) is 5.16 Å². The normalized spacial score (nSPS) is 20.6. The van der Waals surface area contributed by atoms with E-state index in [-0.39, 0.29) is 12.8 Å². The molecule has 7 heteroatoms. The number of likely N-dealkylation sites (N-methyl/N-ethyl adjacent to an activating group) is 1. The van der Waals surface area contributed by atoms with Crippen LogP contribution in [0.4, 0.5) is 0 Å². The average molecular weight is 385 g/mol. The number of ether oxygens (including phenoxy) is 4. The molecule has 0 radical (unpaired) electrons. The minimum Gasteiger partial charge on any atom is -0.497 e. The van der Waals surface area contributed by atoms with Gasteiger partial charge in [0.2, 0.25) is 12.5 Å². The standard InChI is InChI=1S/C21H24N2O5/c1-23-9-8-14-10-18-20(28-12-27-18)21(26-3)19(14)17(23)11-16(22-24)13-4-6-15(25-2)7-5-13/h4-7,10,17,24H,8-9,11-12H2,1-3H3/p+1/b22-16+/t17-/m1/s1. The number of methoxy groups -OCH3 is 2. The molecule has 2 atom stereocenters. The summed E-state index contributed by atoms with van der Waals surface area (Å²) in [5.41, 5.74) is 3.79. The summed E-state index contributed by atoms with van der Waals surface area (Å²) in [6.07, 6.45) is 1.50. The van der Waals surface area contributed by atoms with Crippen molar-refractivity contribution in [2.24, 2.45) is 5.16 Å². The predicted molar refractivity (Wildman–Crippen MR) is 103 cm³/mol. The van der Waals surface area contributed by atoms with Gasteiger partial charge in [-0.25, -0.2) is 0 Å². The minimum absolute atomic E-state index is 0.0706. The summed E-state index contributed by atoms with van der Waals surface area (Å²) in [5, 5.41) is 13.3. The molecule has 4 rings (SSSR count). The number of hydrogen-bond donors (Lipinski definition) is 2. The molecule has 2 N–H and O–H groups in total. The predicted octanol–water partition coefficient (Wildman–Crippen LogP) is 1.81. The van der Waals surface area contributed by atoms with Gasteiger partial charge < -0.3 is 29.1 Å². The average Bonchev–Trinajstić information content (AvgIpc) is 3.20. The van der Waals surface area contributed by atoms with Crippen molar-refractivity contribution in [1.29, 1.82) is 0 Å². The van der Waals surface area contributed by atoms with E-state index in [1.54, 1.807) is 14.2 Å². The van der Waals surface area contributed by atoms with Crippen molar-refractivity contribution in [2.75, 3.05) is 34.6 Å². The fraction of sp³-hybridized carbons (Fsp3) is 0.381. The second kappa shape index (κ2) is 7.59. The first kappa shape index (κ1) is 18.4. The number of nitrogens with one attached hydrogen (secondary N) is 1. The van der Waals surface area contributed by atoms with Gasteiger partial charge >= 0.3 is 0 Å². The van der Waals surface area contributed by atoms with E-state index in [1.165, 1.54) is 10.5 Å². The van der Waals surface area contributed by atoms with E-state index < -0.39 is 0 Å². The van der Waals surface area contributed by atoms with Crippen LogP contribution in [-0.2, 0) is 6.42 Å². The lowest BCUT2D eigenvalue weighted by Gasteiger charge is -2.33. The van der Waals surface area contributed by atoms with Crippen molar-refractivity contribution in [1.82, 2.24) is 0 Å². The molecular formula is C21H25N2O5+. The topological polar surface area (TPSA) is 74.0 Å². The summed E-state index contributed by atoms with van der Waals surface area (Å²) in [6.45, 7) is 1.18. The molecule has 2 aliphatic rings. The highest BCUT2D eigenvalue weighted by molar-refractivity contribution is 6.00. The van der Waals surface area contributed by atoms with Crippen LogP contribution >= 0.6 is 0 Å². The first-order chi connectivity index (χ1) is 13.7. The molecule has 0 bridgehead atoms. The summed E-state index contributed by atoms with van der Waals surface area (Å²) in [7, 11) is 5.44. The molecule has 2 aliphatic heterocycles. The Labute approximate surface area is 164 Å². The van der Waals surface area contributed by atoms with E-state index in [0.717, 1.165) is 41.3 Å². The van der Waals surface area contributed by atoms with Crippen molar-refractivity contribution in [2.45, 2.75) is 18.9 Å². The SMILES string of the molecule is COc1ccc(/C(C[C@@H]2c3c(cc4c(c3OC)OCO4)CC[NH+]2C)=N/O)cc1. The van der Waals surface area contributed by atoms with Gasteiger partial charge in [0.25, 0.3) is 0 Å². The van der Waals surface area contributed by atoms with Crippen molar-refractivity contribution in [3.8, 4) is 23.0 Å². The smallest absolute Gasteiger partial charge is 0.231 e. The van der Waals surface area contributed by atoms with E-state index in [9.17, 15) is 5.21 Å². The largest absolute Gasteiger partial charge is 0.497 e. The molecule has 2 aromatic carbocycles. The molecular weight excluding hydrogens is 360 g/mol. The Kier molecular flexibility index (Phi) is 5.00. The fourth-order valence-corrected chi connectivity index (χ4v) is 4.09. The monoisotopic (exact) mass is 385 g/mol. The Hall–Kier alpha value is -2.93. The van der Waals surface area contributed by atoms with Gasteiger partial charge in [-0.15, -0.1) is 0 Å². The Bertz CT molecular complexity index is 895. The highest BCUT2D eigenvalue weighted by atomic mass is 16.7. The van der Waals surface area contributed by atoms with Crippen molar-refractivity contribution < 1.29 is 29.1 Å². The van der Waals surface area contributed by atoms with E-state index >= 15 is 0 Å². The van der Waals surface area contributed by atoms with Crippen molar-refractivity contribution in [3.63, 3.8) is 0 Å². The summed E-state index contributed by atoms with van der Waals surface area (Å²) in [4.78, 5) is 1.33. The zero-order valence-electron chi connectivity index (χ0n) is 16.3. The molecule has 0 saturated heterocycles.